The predicted octanol–water partition coefficient (Wildman–Crippen LogP) is 27.1. The van der Waals surface area contributed by atoms with Gasteiger partial charge in [-0.2, -0.15) is 0 Å². The number of esters is 2. The molecule has 0 amide bonds. The minimum absolute atomic E-state index is 0.0643. The molecule has 1 N–H and O–H groups in total. The van der Waals surface area contributed by atoms with Crippen molar-refractivity contribution in [2.45, 2.75) is 392 Å². The van der Waals surface area contributed by atoms with Gasteiger partial charge in [0.1, 0.15) is 6.61 Å². The smallest absolute Gasteiger partial charge is 0.306 e. The molecule has 0 radical (unpaired) electrons. The molecule has 88 heavy (non-hydrogen) atoms. The van der Waals surface area contributed by atoms with Crippen molar-refractivity contribution >= 4 is 11.9 Å². The van der Waals surface area contributed by atoms with Gasteiger partial charge in [0.15, 0.2) is 6.10 Å². The van der Waals surface area contributed by atoms with Crippen molar-refractivity contribution in [2.24, 2.45) is 0 Å². The summed E-state index contributed by atoms with van der Waals surface area (Å²) in [5.74, 6) is -0.574. The zero-order chi connectivity index (χ0) is 63.3. The number of unbranched alkanes of at least 4 members (excludes halogenated alkanes) is 45. The highest BCUT2D eigenvalue weighted by Crippen LogP contribution is 2.19. The van der Waals surface area contributed by atoms with Gasteiger partial charge in [0.05, 0.1) is 6.61 Å². The summed E-state index contributed by atoms with van der Waals surface area (Å²) in [7, 11) is 0. The van der Waals surface area contributed by atoms with Crippen LogP contribution in [0.25, 0.3) is 0 Å². The minimum Gasteiger partial charge on any atom is -0.462 e. The Morgan fingerprint density at radius 3 is 0.750 bits per heavy atom. The molecule has 0 aromatic carbocycles. The predicted molar refractivity (Wildman–Crippen MR) is 389 cm³/mol. The Hall–Kier alpha value is -3.44. The summed E-state index contributed by atoms with van der Waals surface area (Å²) in [6.07, 6.45) is 113. The van der Waals surface area contributed by atoms with E-state index in [4.69, 9.17) is 9.47 Å². The van der Waals surface area contributed by atoms with Crippen LogP contribution >= 0.6 is 0 Å². The van der Waals surface area contributed by atoms with Crippen LogP contribution in [0.15, 0.2) is 109 Å². The van der Waals surface area contributed by atoms with Gasteiger partial charge in [0.2, 0.25) is 0 Å². The molecule has 0 aliphatic heterocycles. The standard InChI is InChI=1S/C83H146O5/c1-3-5-7-9-11-13-15-17-19-21-23-25-27-29-31-33-35-37-38-39-40-41-42-43-44-46-48-50-52-54-56-58-60-62-64-66-68-70-72-74-76-78-83(86)88-81(79-84)80-87-82(85)77-75-73-71-69-67-65-63-61-59-57-55-53-51-49-47-45-36-34-32-30-28-26-24-22-20-18-16-14-12-10-8-6-4-2/h5,7,11,13,17,19,22-25,29,31,35,37,39-40,42-43,81,84H,3-4,6,8-10,12,14-16,18,20-21,26-28,30,32-34,36,38,41,44-80H2,1-2H3/b7-5-,13-11-,19-17-,24-22-,25-23-,31-29-,37-35-,40-39-,43-42-. The van der Waals surface area contributed by atoms with Crippen molar-refractivity contribution in [1.82, 2.24) is 0 Å². The maximum atomic E-state index is 12.4. The molecule has 0 heterocycles. The summed E-state index contributed by atoms with van der Waals surface area (Å²) in [6.45, 7) is 4.07. The number of ether oxygens (including phenoxy) is 2. The fourth-order valence-electron chi connectivity index (χ4n) is 11.3. The molecule has 0 saturated carbocycles. The second-order valence-corrected chi connectivity index (χ2v) is 25.7. The van der Waals surface area contributed by atoms with Gasteiger partial charge in [0, 0.05) is 12.8 Å². The molecule has 0 spiro atoms. The summed E-state index contributed by atoms with van der Waals surface area (Å²) >= 11 is 0. The maximum absolute atomic E-state index is 12.4. The van der Waals surface area contributed by atoms with E-state index in [1.807, 2.05) is 0 Å². The van der Waals surface area contributed by atoms with Crippen LogP contribution in [0, 0.1) is 0 Å². The first-order chi connectivity index (χ1) is 43.6. The molecule has 0 aromatic rings. The zero-order valence-electron chi connectivity index (χ0n) is 58.5. The molecule has 1 unspecified atom stereocenters. The fourth-order valence-corrected chi connectivity index (χ4v) is 11.3. The highest BCUT2D eigenvalue weighted by Gasteiger charge is 2.16. The van der Waals surface area contributed by atoms with Gasteiger partial charge < -0.3 is 14.6 Å². The first-order valence-electron chi connectivity index (χ1n) is 38.4. The summed E-state index contributed by atoms with van der Waals surface area (Å²) in [5.41, 5.74) is 0. The van der Waals surface area contributed by atoms with Gasteiger partial charge in [-0.05, 0) is 103 Å². The lowest BCUT2D eigenvalue weighted by Crippen LogP contribution is -2.28. The van der Waals surface area contributed by atoms with Crippen molar-refractivity contribution in [3.8, 4) is 0 Å². The van der Waals surface area contributed by atoms with Gasteiger partial charge in [-0.15, -0.1) is 0 Å². The highest BCUT2D eigenvalue weighted by molar-refractivity contribution is 5.70. The summed E-state index contributed by atoms with van der Waals surface area (Å²) in [4.78, 5) is 24.7. The number of hydrogen-bond donors (Lipinski definition) is 1. The average molecular weight is 1220 g/mol. The van der Waals surface area contributed by atoms with E-state index in [1.165, 1.54) is 270 Å². The zero-order valence-corrected chi connectivity index (χ0v) is 58.5. The third-order valence-electron chi connectivity index (χ3n) is 17.1. The summed E-state index contributed by atoms with van der Waals surface area (Å²) in [5, 5.41) is 9.72. The van der Waals surface area contributed by atoms with E-state index in [-0.39, 0.29) is 25.2 Å². The normalized spacial score (nSPS) is 12.8. The molecule has 0 aliphatic rings. The average Bonchev–Trinajstić information content (AvgIpc) is 3.56. The molecule has 508 valence electrons. The van der Waals surface area contributed by atoms with E-state index in [2.05, 4.69) is 123 Å². The molecular formula is C83H146O5. The van der Waals surface area contributed by atoms with Gasteiger partial charge in [0.25, 0.3) is 0 Å². The second-order valence-electron chi connectivity index (χ2n) is 25.7. The topological polar surface area (TPSA) is 72.8 Å². The second kappa shape index (κ2) is 77.8. The molecule has 0 rings (SSSR count). The third-order valence-corrected chi connectivity index (χ3v) is 17.1. The number of carbonyl (C=O) groups excluding carboxylic acids is 2. The number of aliphatic hydroxyl groups is 1. The van der Waals surface area contributed by atoms with Crippen LogP contribution in [0.5, 0.6) is 0 Å². The molecule has 0 bridgehead atoms. The number of carbonyl (C=O) groups is 2. The van der Waals surface area contributed by atoms with Gasteiger partial charge in [-0.3, -0.25) is 9.59 Å². The Morgan fingerprint density at radius 1 is 0.273 bits per heavy atom. The molecule has 0 saturated heterocycles. The SMILES string of the molecule is CC/C=C\C/C=C\C/C=C\C/C=C\C/C=C\C/C=C\C/C=C\C/C=C\CCCCCCCCCCCCCCCCCCC(=O)OC(CO)COC(=O)CCCCCCCCCCCCCCCCCCCCCCC/C=C\CCCCCCCCCC. The van der Waals surface area contributed by atoms with E-state index in [0.29, 0.717) is 12.8 Å². The van der Waals surface area contributed by atoms with Gasteiger partial charge in [-0.25, -0.2) is 0 Å². The first-order valence-corrected chi connectivity index (χ1v) is 38.4. The van der Waals surface area contributed by atoms with Crippen LogP contribution in [0.4, 0.5) is 0 Å². The molecule has 0 fully saturated rings. The van der Waals surface area contributed by atoms with Crippen LogP contribution in [-0.4, -0.2) is 36.4 Å². The third kappa shape index (κ3) is 75.0. The summed E-state index contributed by atoms with van der Waals surface area (Å²) in [6, 6.07) is 0. The van der Waals surface area contributed by atoms with Crippen LogP contribution in [-0.2, 0) is 19.1 Å². The number of hydrogen-bond acceptors (Lipinski definition) is 5. The van der Waals surface area contributed by atoms with Crippen LogP contribution in [0.1, 0.15) is 386 Å². The van der Waals surface area contributed by atoms with Crippen LogP contribution < -0.4 is 0 Å². The number of rotatable bonds is 71. The Kier molecular flexibility index (Phi) is 74.8. The van der Waals surface area contributed by atoms with E-state index >= 15 is 0 Å². The quantitative estimate of drug-likeness (QED) is 0.0373. The molecular weight excluding hydrogens is 1080 g/mol. The molecule has 5 heteroatoms. The Morgan fingerprint density at radius 2 is 0.489 bits per heavy atom. The molecule has 0 aliphatic carbocycles. The van der Waals surface area contributed by atoms with Crippen molar-refractivity contribution in [3.63, 3.8) is 0 Å². The van der Waals surface area contributed by atoms with E-state index in [1.54, 1.807) is 0 Å². The molecule has 5 nitrogen and oxygen atoms in total. The minimum atomic E-state index is -0.776. The van der Waals surface area contributed by atoms with Crippen molar-refractivity contribution < 1.29 is 24.2 Å². The molecule has 1 atom stereocenters. The van der Waals surface area contributed by atoms with Crippen LogP contribution in [0.2, 0.25) is 0 Å². The fraction of sp³-hybridized carbons (Fsp3) is 0.759. The van der Waals surface area contributed by atoms with E-state index < -0.39 is 6.10 Å². The monoisotopic (exact) mass is 1220 g/mol. The number of aliphatic hydroxyl groups excluding tert-OH is 1. The van der Waals surface area contributed by atoms with Gasteiger partial charge >= 0.3 is 11.9 Å². The van der Waals surface area contributed by atoms with Gasteiger partial charge in [-0.1, -0.05) is 380 Å². The van der Waals surface area contributed by atoms with Crippen molar-refractivity contribution in [3.05, 3.63) is 109 Å². The van der Waals surface area contributed by atoms with Crippen LogP contribution in [0.3, 0.4) is 0 Å². The first kappa shape index (κ1) is 84.6. The Labute approximate surface area is 548 Å². The van der Waals surface area contributed by atoms with Crippen molar-refractivity contribution in [1.29, 1.82) is 0 Å². The Bertz CT molecular complexity index is 1670. The summed E-state index contributed by atoms with van der Waals surface area (Å²) < 4.78 is 10.8. The largest absolute Gasteiger partial charge is 0.462 e. The highest BCUT2D eigenvalue weighted by atomic mass is 16.6. The lowest BCUT2D eigenvalue weighted by Gasteiger charge is -2.15. The Balaban J connectivity index is 3.44. The van der Waals surface area contributed by atoms with E-state index in [0.717, 1.165) is 89.9 Å². The lowest BCUT2D eigenvalue weighted by atomic mass is 10.0. The lowest BCUT2D eigenvalue weighted by molar-refractivity contribution is -0.161. The van der Waals surface area contributed by atoms with E-state index in [9.17, 15) is 14.7 Å². The molecule has 0 aromatic heterocycles. The number of allylic oxidation sites excluding steroid dienone is 18. The maximum Gasteiger partial charge on any atom is 0.306 e. The van der Waals surface area contributed by atoms with Crippen molar-refractivity contribution in [2.75, 3.05) is 13.2 Å².